The van der Waals surface area contributed by atoms with Crippen molar-refractivity contribution >= 4 is 29.4 Å². The van der Waals surface area contributed by atoms with Crippen molar-refractivity contribution < 1.29 is 14.0 Å². The van der Waals surface area contributed by atoms with Crippen LogP contribution in [0.1, 0.15) is 30.2 Å². The number of benzene rings is 1. The molecule has 3 rings (SSSR count). The molecule has 1 aliphatic heterocycles. The van der Waals surface area contributed by atoms with Gasteiger partial charge in [-0.1, -0.05) is 19.1 Å². The number of aromatic nitrogens is 2. The highest BCUT2D eigenvalue weighted by Crippen LogP contribution is 2.34. The molecule has 1 aliphatic rings. The molecule has 0 fully saturated rings. The van der Waals surface area contributed by atoms with Gasteiger partial charge in [0.25, 0.3) is 0 Å². The number of carbonyl (C=O) groups is 2. The molecule has 0 radical (unpaired) electrons. The molecule has 0 bridgehead atoms. The molecule has 8 heteroatoms. The number of anilines is 1. The van der Waals surface area contributed by atoms with Crippen molar-refractivity contribution in [2.45, 2.75) is 37.9 Å². The maximum atomic E-state index is 12.9. The lowest BCUT2D eigenvalue weighted by Crippen LogP contribution is -2.28. The Morgan fingerprint density at radius 2 is 2.00 bits per heavy atom. The van der Waals surface area contributed by atoms with E-state index >= 15 is 0 Å². The highest BCUT2D eigenvalue weighted by atomic mass is 32.2. The number of hydrogen-bond donors (Lipinski definition) is 2. The zero-order valence-corrected chi connectivity index (χ0v) is 14.7. The van der Waals surface area contributed by atoms with Gasteiger partial charge in [0.2, 0.25) is 11.8 Å². The van der Waals surface area contributed by atoms with E-state index in [-0.39, 0.29) is 24.2 Å². The van der Waals surface area contributed by atoms with Crippen LogP contribution in [0.5, 0.6) is 0 Å². The Morgan fingerprint density at radius 3 is 2.72 bits per heavy atom. The number of rotatable bonds is 6. The SMILES string of the molecule is CCC(=O)Nc1c2c(nn1CC(=O)NCc1ccc(F)cc1)CSC2. The zero-order chi connectivity index (χ0) is 17.8. The molecule has 0 unspecified atom stereocenters. The molecular formula is C17H19FN4O2S. The molecule has 0 atom stereocenters. The van der Waals surface area contributed by atoms with Crippen molar-refractivity contribution in [3.8, 4) is 0 Å². The predicted octanol–water partition coefficient (Wildman–Crippen LogP) is 2.43. The molecule has 0 aliphatic carbocycles. The molecule has 0 saturated heterocycles. The van der Waals surface area contributed by atoms with E-state index in [9.17, 15) is 14.0 Å². The molecule has 25 heavy (non-hydrogen) atoms. The first-order valence-electron chi connectivity index (χ1n) is 8.04. The first kappa shape index (κ1) is 17.5. The van der Waals surface area contributed by atoms with Gasteiger partial charge >= 0.3 is 0 Å². The molecule has 6 nitrogen and oxygen atoms in total. The molecule has 2 heterocycles. The third-order valence-corrected chi connectivity index (χ3v) is 4.86. The summed E-state index contributed by atoms with van der Waals surface area (Å²) in [6, 6.07) is 5.97. The van der Waals surface area contributed by atoms with Crippen LogP contribution in [0.4, 0.5) is 10.2 Å². The van der Waals surface area contributed by atoms with Gasteiger partial charge in [-0.25, -0.2) is 9.07 Å². The van der Waals surface area contributed by atoms with Crippen LogP contribution in [0.15, 0.2) is 24.3 Å². The lowest BCUT2D eigenvalue weighted by Gasteiger charge is -2.11. The van der Waals surface area contributed by atoms with Crippen LogP contribution in [0.3, 0.4) is 0 Å². The number of carbonyl (C=O) groups excluding carboxylic acids is 2. The summed E-state index contributed by atoms with van der Waals surface area (Å²) in [5, 5.41) is 10.1. The third-order valence-electron chi connectivity index (χ3n) is 3.89. The van der Waals surface area contributed by atoms with Crippen LogP contribution in [-0.2, 0) is 34.2 Å². The molecule has 2 N–H and O–H groups in total. The number of hydrogen-bond acceptors (Lipinski definition) is 4. The number of nitrogens with one attached hydrogen (secondary N) is 2. The molecule has 1 aromatic heterocycles. The average Bonchev–Trinajstić information content (AvgIpc) is 3.17. The standard InChI is InChI=1S/C17H19FN4O2S/c1-2-15(23)20-17-13-9-25-10-14(13)21-22(17)8-16(24)19-7-11-3-5-12(18)6-4-11/h3-6H,2,7-10H2,1H3,(H,19,24)(H,20,23). The highest BCUT2D eigenvalue weighted by molar-refractivity contribution is 7.98. The van der Waals surface area contributed by atoms with Gasteiger partial charge in [-0.15, -0.1) is 0 Å². The Balaban J connectivity index is 1.66. The normalized spacial score (nSPS) is 12.7. The van der Waals surface area contributed by atoms with E-state index in [1.54, 1.807) is 35.5 Å². The summed E-state index contributed by atoms with van der Waals surface area (Å²) in [5.41, 5.74) is 2.73. The van der Waals surface area contributed by atoms with Crippen LogP contribution in [0.25, 0.3) is 0 Å². The molecule has 2 amide bonds. The number of amides is 2. The number of halogens is 1. The number of nitrogens with zero attached hydrogens (tertiary/aromatic N) is 2. The van der Waals surface area contributed by atoms with E-state index in [1.165, 1.54) is 12.1 Å². The Bertz CT molecular complexity index is 789. The Labute approximate surface area is 149 Å². The molecule has 0 spiro atoms. The van der Waals surface area contributed by atoms with Crippen molar-refractivity contribution in [1.82, 2.24) is 15.1 Å². The topological polar surface area (TPSA) is 76.0 Å². The lowest BCUT2D eigenvalue weighted by atomic mass is 10.2. The van der Waals surface area contributed by atoms with Gasteiger partial charge in [0.1, 0.15) is 18.2 Å². The lowest BCUT2D eigenvalue weighted by molar-refractivity contribution is -0.122. The zero-order valence-electron chi connectivity index (χ0n) is 13.8. The minimum absolute atomic E-state index is 0.0260. The Morgan fingerprint density at radius 1 is 1.24 bits per heavy atom. The van der Waals surface area contributed by atoms with Crippen molar-refractivity contribution in [1.29, 1.82) is 0 Å². The minimum Gasteiger partial charge on any atom is -0.350 e. The van der Waals surface area contributed by atoms with E-state index < -0.39 is 0 Å². The monoisotopic (exact) mass is 362 g/mol. The van der Waals surface area contributed by atoms with Crippen LogP contribution < -0.4 is 10.6 Å². The maximum Gasteiger partial charge on any atom is 0.242 e. The average molecular weight is 362 g/mol. The van der Waals surface area contributed by atoms with E-state index in [1.807, 2.05) is 0 Å². The summed E-state index contributed by atoms with van der Waals surface area (Å²) in [5.74, 6) is 1.55. The molecular weight excluding hydrogens is 343 g/mol. The second-order valence-electron chi connectivity index (χ2n) is 5.73. The second-order valence-corrected chi connectivity index (χ2v) is 6.71. The van der Waals surface area contributed by atoms with E-state index in [2.05, 4.69) is 15.7 Å². The van der Waals surface area contributed by atoms with Gasteiger partial charge in [-0.2, -0.15) is 16.9 Å². The molecule has 1 aromatic carbocycles. The third kappa shape index (κ3) is 4.19. The molecule has 132 valence electrons. The summed E-state index contributed by atoms with van der Waals surface area (Å²) in [7, 11) is 0. The van der Waals surface area contributed by atoms with Crippen LogP contribution in [-0.4, -0.2) is 21.6 Å². The fourth-order valence-corrected chi connectivity index (χ4v) is 3.57. The van der Waals surface area contributed by atoms with Crippen molar-refractivity contribution in [3.63, 3.8) is 0 Å². The van der Waals surface area contributed by atoms with Gasteiger partial charge in [0.05, 0.1) is 5.69 Å². The van der Waals surface area contributed by atoms with Gasteiger partial charge < -0.3 is 10.6 Å². The van der Waals surface area contributed by atoms with Crippen LogP contribution in [0, 0.1) is 5.82 Å². The van der Waals surface area contributed by atoms with Crippen LogP contribution >= 0.6 is 11.8 Å². The van der Waals surface area contributed by atoms with E-state index in [0.29, 0.717) is 18.8 Å². The maximum absolute atomic E-state index is 12.9. The van der Waals surface area contributed by atoms with Gasteiger partial charge in [-0.3, -0.25) is 9.59 Å². The quantitative estimate of drug-likeness (QED) is 0.828. The molecule has 0 saturated carbocycles. The Hall–Kier alpha value is -2.35. The number of thioether (sulfide) groups is 1. The molecule has 2 aromatic rings. The van der Waals surface area contributed by atoms with Crippen molar-refractivity contribution in [3.05, 3.63) is 46.9 Å². The minimum atomic E-state index is -0.310. The predicted molar refractivity (Wildman–Crippen MR) is 94.4 cm³/mol. The van der Waals surface area contributed by atoms with E-state index in [4.69, 9.17) is 0 Å². The first-order valence-corrected chi connectivity index (χ1v) is 9.19. The smallest absolute Gasteiger partial charge is 0.242 e. The summed E-state index contributed by atoms with van der Waals surface area (Å²) >= 11 is 1.74. The Kier molecular flexibility index (Phi) is 5.37. The second kappa shape index (κ2) is 7.69. The van der Waals surface area contributed by atoms with Crippen molar-refractivity contribution in [2.75, 3.05) is 5.32 Å². The fourth-order valence-electron chi connectivity index (χ4n) is 2.54. The largest absolute Gasteiger partial charge is 0.350 e. The summed E-state index contributed by atoms with van der Waals surface area (Å²) in [6.07, 6.45) is 0.365. The number of fused-ring (bicyclic) bond motifs is 1. The fraction of sp³-hybridized carbons (Fsp3) is 0.353. The summed E-state index contributed by atoms with van der Waals surface area (Å²) in [6.45, 7) is 2.12. The highest BCUT2D eigenvalue weighted by Gasteiger charge is 2.24. The van der Waals surface area contributed by atoms with Gasteiger partial charge in [-0.05, 0) is 17.7 Å². The van der Waals surface area contributed by atoms with Crippen LogP contribution in [0.2, 0.25) is 0 Å². The first-order chi connectivity index (χ1) is 12.1. The van der Waals surface area contributed by atoms with Crippen molar-refractivity contribution in [2.24, 2.45) is 0 Å². The van der Waals surface area contributed by atoms with E-state index in [0.717, 1.165) is 28.3 Å². The summed E-state index contributed by atoms with van der Waals surface area (Å²) < 4.78 is 14.4. The van der Waals surface area contributed by atoms with Gasteiger partial charge in [0.15, 0.2) is 0 Å². The van der Waals surface area contributed by atoms with Gasteiger partial charge in [0, 0.05) is 30.0 Å². The summed E-state index contributed by atoms with van der Waals surface area (Å²) in [4.78, 5) is 24.0.